The number of aryl methyl sites for hydroxylation is 2. The van der Waals surface area contributed by atoms with Gasteiger partial charge in [0.15, 0.2) is 5.69 Å². The van der Waals surface area contributed by atoms with Crippen molar-refractivity contribution < 1.29 is 4.74 Å². The largest absolute Gasteiger partial charge is 0.494 e. The third kappa shape index (κ3) is 4.64. The zero-order valence-corrected chi connectivity index (χ0v) is 18.4. The molecule has 0 aliphatic carbocycles. The monoisotopic (exact) mass is 433 g/mol. The third-order valence-corrected chi connectivity index (χ3v) is 5.64. The van der Waals surface area contributed by atoms with Gasteiger partial charge in [0.05, 0.1) is 30.2 Å². The highest BCUT2D eigenvalue weighted by Gasteiger charge is 2.15. The van der Waals surface area contributed by atoms with Crippen molar-refractivity contribution in [2.45, 2.75) is 27.3 Å². The van der Waals surface area contributed by atoms with E-state index < -0.39 is 0 Å². The number of aromatic amines is 1. The van der Waals surface area contributed by atoms with Crippen LogP contribution in [0.2, 0.25) is 0 Å². The number of aromatic nitrogens is 3. The number of rotatable bonds is 7. The van der Waals surface area contributed by atoms with Crippen LogP contribution in [-0.2, 0) is 6.54 Å². The quantitative estimate of drug-likeness (QED) is 0.375. The minimum absolute atomic E-state index is 0.226. The minimum atomic E-state index is -0.226. The first kappa shape index (κ1) is 20.7. The molecule has 0 spiro atoms. The Labute approximate surface area is 184 Å². The van der Waals surface area contributed by atoms with Crippen LogP contribution < -0.4 is 10.3 Å². The van der Waals surface area contributed by atoms with E-state index in [1.165, 1.54) is 4.68 Å². The van der Waals surface area contributed by atoms with E-state index in [-0.39, 0.29) is 5.56 Å². The van der Waals surface area contributed by atoms with Crippen molar-refractivity contribution >= 4 is 22.7 Å². The summed E-state index contributed by atoms with van der Waals surface area (Å²) in [4.78, 5) is 18.7. The normalized spacial score (nSPS) is 11.3. The van der Waals surface area contributed by atoms with Crippen molar-refractivity contribution in [2.24, 2.45) is 10.2 Å². The smallest absolute Gasteiger partial charge is 0.294 e. The Bertz CT molecular complexity index is 1270. The van der Waals surface area contributed by atoms with E-state index in [1.54, 1.807) is 17.4 Å². The maximum absolute atomic E-state index is 12.9. The van der Waals surface area contributed by atoms with E-state index in [0.717, 1.165) is 26.9 Å². The van der Waals surface area contributed by atoms with Gasteiger partial charge in [-0.15, -0.1) is 16.5 Å². The lowest BCUT2D eigenvalue weighted by molar-refractivity contribution is 0.340. The molecule has 1 N–H and O–H groups in total. The first-order chi connectivity index (χ1) is 15.0. The van der Waals surface area contributed by atoms with Crippen LogP contribution in [0.1, 0.15) is 22.5 Å². The molecule has 0 saturated carbocycles. The third-order valence-electron chi connectivity index (χ3n) is 4.68. The van der Waals surface area contributed by atoms with Gasteiger partial charge in [0.2, 0.25) is 0 Å². The van der Waals surface area contributed by atoms with Gasteiger partial charge < -0.3 is 4.74 Å². The van der Waals surface area contributed by atoms with Crippen molar-refractivity contribution in [3.63, 3.8) is 0 Å². The Kier molecular flexibility index (Phi) is 6.08. The van der Waals surface area contributed by atoms with Crippen molar-refractivity contribution in [3.05, 3.63) is 80.5 Å². The number of nitrogens with one attached hydrogen (secondary N) is 1. The molecule has 0 bridgehead atoms. The highest BCUT2D eigenvalue weighted by Crippen LogP contribution is 2.28. The van der Waals surface area contributed by atoms with E-state index in [2.05, 4.69) is 15.3 Å². The van der Waals surface area contributed by atoms with E-state index in [1.807, 2.05) is 69.3 Å². The maximum atomic E-state index is 12.9. The van der Waals surface area contributed by atoms with Crippen molar-refractivity contribution in [2.75, 3.05) is 6.61 Å². The zero-order chi connectivity index (χ0) is 21.8. The Morgan fingerprint density at radius 2 is 1.90 bits per heavy atom. The summed E-state index contributed by atoms with van der Waals surface area (Å²) < 4.78 is 7.00. The van der Waals surface area contributed by atoms with Gasteiger partial charge >= 0.3 is 0 Å². The lowest BCUT2D eigenvalue weighted by atomic mass is 10.1. The van der Waals surface area contributed by atoms with Crippen molar-refractivity contribution in [1.29, 1.82) is 0 Å². The number of azo groups is 1. The van der Waals surface area contributed by atoms with Crippen LogP contribution in [-0.4, -0.2) is 21.4 Å². The predicted molar refractivity (Wildman–Crippen MR) is 123 cm³/mol. The van der Waals surface area contributed by atoms with Gasteiger partial charge in [-0.1, -0.05) is 36.4 Å². The molecule has 4 rings (SSSR count). The van der Waals surface area contributed by atoms with Gasteiger partial charge in [0, 0.05) is 16.5 Å². The van der Waals surface area contributed by atoms with Gasteiger partial charge in [-0.05, 0) is 32.9 Å². The molecule has 2 aromatic carbocycles. The van der Waals surface area contributed by atoms with Crippen LogP contribution in [0.4, 0.5) is 11.4 Å². The molecule has 0 atom stereocenters. The van der Waals surface area contributed by atoms with Crippen LogP contribution in [0, 0.1) is 13.8 Å². The summed E-state index contributed by atoms with van der Waals surface area (Å²) in [6, 6.07) is 17.4. The fourth-order valence-electron chi connectivity index (χ4n) is 3.25. The average molecular weight is 434 g/mol. The molecule has 2 aromatic heterocycles. The lowest BCUT2D eigenvalue weighted by Gasteiger charge is -2.01. The van der Waals surface area contributed by atoms with Gasteiger partial charge in [0.1, 0.15) is 10.8 Å². The summed E-state index contributed by atoms with van der Waals surface area (Å²) in [7, 11) is 0. The molecular formula is C23H23N5O2S. The first-order valence-corrected chi connectivity index (χ1v) is 10.8. The number of ether oxygens (including phenoxy) is 1. The second kappa shape index (κ2) is 9.09. The Hall–Kier alpha value is -3.52. The Balaban J connectivity index is 1.57. The van der Waals surface area contributed by atoms with Gasteiger partial charge in [-0.3, -0.25) is 9.89 Å². The van der Waals surface area contributed by atoms with Crippen LogP contribution in [0.3, 0.4) is 0 Å². The molecular weight excluding hydrogens is 410 g/mol. The SMILES string of the molecule is CCOc1cccc(N=Nc2c(C)[nH]n(Cc3nc(-c4ccccc4)c(C)s3)c2=O)c1. The molecule has 0 fully saturated rings. The number of benzene rings is 2. The summed E-state index contributed by atoms with van der Waals surface area (Å²) >= 11 is 1.59. The maximum Gasteiger partial charge on any atom is 0.294 e. The predicted octanol–water partition coefficient (Wildman–Crippen LogP) is 5.78. The number of hydrogen-bond acceptors (Lipinski definition) is 6. The fraction of sp³-hybridized carbons (Fsp3) is 0.217. The molecule has 0 saturated heterocycles. The van der Waals surface area contributed by atoms with Crippen LogP contribution in [0.15, 0.2) is 69.6 Å². The topological polar surface area (TPSA) is 84.6 Å². The van der Waals surface area contributed by atoms with Gasteiger partial charge in [-0.2, -0.15) is 5.11 Å². The molecule has 2 heterocycles. The lowest BCUT2D eigenvalue weighted by Crippen LogP contribution is -2.17. The molecule has 31 heavy (non-hydrogen) atoms. The van der Waals surface area contributed by atoms with Gasteiger partial charge in [-0.25, -0.2) is 9.67 Å². The highest BCUT2D eigenvalue weighted by atomic mass is 32.1. The zero-order valence-electron chi connectivity index (χ0n) is 17.6. The van der Waals surface area contributed by atoms with Crippen LogP contribution in [0.5, 0.6) is 5.75 Å². The van der Waals surface area contributed by atoms with Crippen LogP contribution in [0.25, 0.3) is 11.3 Å². The van der Waals surface area contributed by atoms with Crippen molar-refractivity contribution in [1.82, 2.24) is 14.8 Å². The molecule has 0 amide bonds. The van der Waals surface area contributed by atoms with Crippen molar-refractivity contribution in [3.8, 4) is 17.0 Å². The summed E-state index contributed by atoms with van der Waals surface area (Å²) in [5.41, 5.74) is 3.37. The Morgan fingerprint density at radius 1 is 1.10 bits per heavy atom. The molecule has 7 nitrogen and oxygen atoms in total. The molecule has 4 aromatic rings. The number of nitrogens with zero attached hydrogens (tertiary/aromatic N) is 4. The standard InChI is InChI=1S/C23H23N5O2S/c1-4-30-19-12-8-11-18(13-19)25-26-21-15(2)27-28(23(21)29)14-20-24-22(16(3)31-20)17-9-6-5-7-10-17/h5-13,27H,4,14H2,1-3H3. The molecule has 158 valence electrons. The number of thiazole rings is 1. The van der Waals surface area contributed by atoms with E-state index in [4.69, 9.17) is 9.72 Å². The average Bonchev–Trinajstić information content (AvgIpc) is 3.26. The summed E-state index contributed by atoms with van der Waals surface area (Å²) in [6.07, 6.45) is 0. The highest BCUT2D eigenvalue weighted by molar-refractivity contribution is 7.12. The molecule has 0 aliphatic rings. The minimum Gasteiger partial charge on any atom is -0.494 e. The number of H-pyrrole nitrogens is 1. The van der Waals surface area contributed by atoms with Crippen LogP contribution >= 0.6 is 11.3 Å². The molecule has 0 unspecified atom stereocenters. The molecule has 8 heteroatoms. The number of hydrogen-bond donors (Lipinski definition) is 1. The Morgan fingerprint density at radius 3 is 2.68 bits per heavy atom. The summed E-state index contributed by atoms with van der Waals surface area (Å²) in [6.45, 7) is 6.71. The summed E-state index contributed by atoms with van der Waals surface area (Å²) in [5.74, 6) is 0.718. The fourth-order valence-corrected chi connectivity index (χ4v) is 4.20. The first-order valence-electron chi connectivity index (χ1n) is 10.0. The summed E-state index contributed by atoms with van der Waals surface area (Å²) in [5, 5.41) is 12.4. The molecule has 0 radical (unpaired) electrons. The molecule has 0 aliphatic heterocycles. The van der Waals surface area contributed by atoms with E-state index >= 15 is 0 Å². The van der Waals surface area contributed by atoms with Gasteiger partial charge in [0.25, 0.3) is 5.56 Å². The van der Waals surface area contributed by atoms with E-state index in [0.29, 0.717) is 30.2 Å². The van der Waals surface area contributed by atoms with E-state index in [9.17, 15) is 4.79 Å². The second-order valence-corrected chi connectivity index (χ2v) is 8.27. The second-order valence-electron chi connectivity index (χ2n) is 6.99.